The zero-order valence-electron chi connectivity index (χ0n) is 13.9. The van der Waals surface area contributed by atoms with Crippen LogP contribution >= 0.6 is 0 Å². The van der Waals surface area contributed by atoms with E-state index < -0.39 is 8.32 Å². The van der Waals surface area contributed by atoms with Crippen molar-refractivity contribution in [2.45, 2.75) is 62.9 Å². The Bertz CT molecular complexity index is 272. The lowest BCUT2D eigenvalue weighted by atomic mass is 10.4. The molecule has 5 nitrogen and oxygen atoms in total. The van der Waals surface area contributed by atoms with E-state index in [1.54, 1.807) is 0 Å². The van der Waals surface area contributed by atoms with Crippen LogP contribution in [-0.2, 0) is 18.9 Å². The summed E-state index contributed by atoms with van der Waals surface area (Å²) >= 11 is 0. The first-order chi connectivity index (χ1) is 10.7. The summed E-state index contributed by atoms with van der Waals surface area (Å²) in [6.07, 6.45) is 4.90. The van der Waals surface area contributed by atoms with Gasteiger partial charge in [0.15, 0.2) is 8.32 Å². The van der Waals surface area contributed by atoms with E-state index in [9.17, 15) is 4.80 Å². The lowest BCUT2D eigenvalue weighted by molar-refractivity contribution is 0.115. The topological polar surface area (TPSA) is 63.8 Å². The average molecular weight is 333 g/mol. The van der Waals surface area contributed by atoms with Crippen LogP contribution in [0.2, 0.25) is 18.1 Å². The van der Waals surface area contributed by atoms with Crippen molar-refractivity contribution in [3.8, 4) is 0 Å². The number of unbranched alkanes of at least 4 members (excludes halogenated alkanes) is 1. The maximum Gasteiger partial charge on any atom is 0.188 e. The SMILES string of the molecule is CCCC[Si](O)(CCCOCC1CO1)CCCOCC1CO1. The Morgan fingerprint density at radius 1 is 0.909 bits per heavy atom. The molecule has 130 valence electrons. The molecule has 0 radical (unpaired) electrons. The van der Waals surface area contributed by atoms with E-state index in [-0.39, 0.29) is 0 Å². The number of hydrogen-bond acceptors (Lipinski definition) is 5. The highest BCUT2D eigenvalue weighted by atomic mass is 28.4. The Labute approximate surface area is 135 Å². The van der Waals surface area contributed by atoms with E-state index in [2.05, 4.69) is 6.92 Å². The highest BCUT2D eigenvalue weighted by Gasteiger charge is 2.30. The number of rotatable bonds is 15. The fraction of sp³-hybridized carbons (Fsp3) is 1.00. The van der Waals surface area contributed by atoms with E-state index in [0.29, 0.717) is 25.4 Å². The third-order valence-corrected chi connectivity index (χ3v) is 8.12. The first-order valence-corrected chi connectivity index (χ1v) is 11.4. The van der Waals surface area contributed by atoms with Gasteiger partial charge in [0.05, 0.1) is 26.4 Å². The molecule has 2 saturated heterocycles. The molecule has 22 heavy (non-hydrogen) atoms. The van der Waals surface area contributed by atoms with Crippen molar-refractivity contribution in [2.75, 3.05) is 39.6 Å². The Morgan fingerprint density at radius 3 is 1.77 bits per heavy atom. The molecule has 0 amide bonds. The Balaban J connectivity index is 1.53. The van der Waals surface area contributed by atoms with Crippen LogP contribution in [0.5, 0.6) is 0 Å². The molecular formula is C16H32O5Si. The molecule has 2 aliphatic heterocycles. The molecule has 2 rings (SSSR count). The van der Waals surface area contributed by atoms with E-state index in [4.69, 9.17) is 18.9 Å². The minimum absolute atomic E-state index is 0.337. The van der Waals surface area contributed by atoms with Crippen LogP contribution in [-0.4, -0.2) is 65.0 Å². The molecule has 0 aliphatic carbocycles. The smallest absolute Gasteiger partial charge is 0.188 e. The van der Waals surface area contributed by atoms with Gasteiger partial charge in [0.1, 0.15) is 12.2 Å². The highest BCUT2D eigenvalue weighted by Crippen LogP contribution is 2.24. The van der Waals surface area contributed by atoms with Crippen LogP contribution < -0.4 is 0 Å². The monoisotopic (exact) mass is 332 g/mol. The normalized spacial score (nSPS) is 25.9. The lowest BCUT2D eigenvalue weighted by Gasteiger charge is -2.25. The second kappa shape index (κ2) is 10.0. The lowest BCUT2D eigenvalue weighted by Crippen LogP contribution is -2.34. The average Bonchev–Trinajstić information content (AvgIpc) is 3.38. The summed E-state index contributed by atoms with van der Waals surface area (Å²) in [7, 11) is -2.12. The van der Waals surface area contributed by atoms with Gasteiger partial charge in [0, 0.05) is 13.2 Å². The number of epoxide rings is 2. The van der Waals surface area contributed by atoms with Gasteiger partial charge in [-0.3, -0.25) is 0 Å². The second-order valence-corrected chi connectivity index (χ2v) is 10.5. The van der Waals surface area contributed by atoms with Crippen LogP contribution in [0.1, 0.15) is 32.6 Å². The largest absolute Gasteiger partial charge is 0.432 e. The van der Waals surface area contributed by atoms with Crippen molar-refractivity contribution < 1.29 is 23.7 Å². The van der Waals surface area contributed by atoms with E-state index in [1.165, 1.54) is 0 Å². The molecule has 0 saturated carbocycles. The Hall–Kier alpha value is 0.0169. The van der Waals surface area contributed by atoms with Crippen molar-refractivity contribution in [1.82, 2.24) is 0 Å². The molecule has 0 spiro atoms. The Kier molecular flexibility index (Phi) is 8.35. The standard InChI is InChI=1S/C16H32O5Si/c1-2-3-8-22(17,9-4-6-18-11-15-13-20-15)10-5-7-19-12-16-14-21-16/h15-17H,2-14H2,1H3. The molecule has 2 fully saturated rings. The van der Waals surface area contributed by atoms with Crippen LogP contribution in [0.4, 0.5) is 0 Å². The first-order valence-electron chi connectivity index (χ1n) is 8.83. The van der Waals surface area contributed by atoms with Gasteiger partial charge in [-0.15, -0.1) is 0 Å². The van der Waals surface area contributed by atoms with Crippen LogP contribution in [0.15, 0.2) is 0 Å². The maximum absolute atomic E-state index is 11.0. The molecule has 0 bridgehead atoms. The Morgan fingerprint density at radius 2 is 1.36 bits per heavy atom. The van der Waals surface area contributed by atoms with Crippen LogP contribution in [0.3, 0.4) is 0 Å². The summed E-state index contributed by atoms with van der Waals surface area (Å²) < 4.78 is 21.4. The van der Waals surface area contributed by atoms with Crippen LogP contribution in [0, 0.1) is 0 Å². The highest BCUT2D eigenvalue weighted by molar-refractivity contribution is 6.72. The third-order valence-electron chi connectivity index (χ3n) is 4.27. The van der Waals surface area contributed by atoms with Gasteiger partial charge < -0.3 is 23.7 Å². The minimum atomic E-state index is -2.12. The maximum atomic E-state index is 11.0. The van der Waals surface area contributed by atoms with Crippen molar-refractivity contribution >= 4 is 8.32 Å². The number of hydrogen-bond donors (Lipinski definition) is 1. The molecule has 6 heteroatoms. The van der Waals surface area contributed by atoms with Gasteiger partial charge in [-0.05, 0) is 31.0 Å². The summed E-state index contributed by atoms with van der Waals surface area (Å²) in [5.41, 5.74) is 0. The van der Waals surface area contributed by atoms with Crippen molar-refractivity contribution in [3.63, 3.8) is 0 Å². The molecular weight excluding hydrogens is 300 g/mol. The fourth-order valence-corrected chi connectivity index (χ4v) is 6.01. The predicted molar refractivity (Wildman–Crippen MR) is 87.7 cm³/mol. The van der Waals surface area contributed by atoms with Gasteiger partial charge in [-0.1, -0.05) is 19.8 Å². The summed E-state index contributed by atoms with van der Waals surface area (Å²) in [6, 6.07) is 2.91. The van der Waals surface area contributed by atoms with Gasteiger partial charge in [-0.25, -0.2) is 0 Å². The quantitative estimate of drug-likeness (QED) is 0.283. The second-order valence-electron chi connectivity index (χ2n) is 6.60. The molecule has 0 aromatic rings. The predicted octanol–water partition coefficient (Wildman–Crippen LogP) is 2.34. The summed E-state index contributed by atoms with van der Waals surface area (Å²) in [6.45, 7) is 6.81. The molecule has 2 unspecified atom stereocenters. The van der Waals surface area contributed by atoms with E-state index in [0.717, 1.165) is 70.2 Å². The van der Waals surface area contributed by atoms with Crippen LogP contribution in [0.25, 0.3) is 0 Å². The van der Waals surface area contributed by atoms with Gasteiger partial charge in [0.2, 0.25) is 0 Å². The van der Waals surface area contributed by atoms with Gasteiger partial charge >= 0.3 is 0 Å². The van der Waals surface area contributed by atoms with Crippen molar-refractivity contribution in [3.05, 3.63) is 0 Å². The van der Waals surface area contributed by atoms with Gasteiger partial charge in [-0.2, -0.15) is 0 Å². The molecule has 0 aromatic carbocycles. The third kappa shape index (κ3) is 8.60. The fourth-order valence-electron chi connectivity index (χ4n) is 2.65. The summed E-state index contributed by atoms with van der Waals surface area (Å²) in [5, 5.41) is 0. The molecule has 1 N–H and O–H groups in total. The summed E-state index contributed by atoms with van der Waals surface area (Å²) in [5.74, 6) is 0. The zero-order valence-corrected chi connectivity index (χ0v) is 14.9. The first kappa shape index (κ1) is 18.4. The molecule has 2 atom stereocenters. The van der Waals surface area contributed by atoms with Gasteiger partial charge in [0.25, 0.3) is 0 Å². The summed E-state index contributed by atoms with van der Waals surface area (Å²) in [4.78, 5) is 11.0. The van der Waals surface area contributed by atoms with Crippen molar-refractivity contribution in [1.29, 1.82) is 0 Å². The van der Waals surface area contributed by atoms with E-state index >= 15 is 0 Å². The zero-order chi connectivity index (χ0) is 15.7. The molecule has 0 aromatic heterocycles. The molecule has 2 heterocycles. The number of ether oxygens (including phenoxy) is 4. The van der Waals surface area contributed by atoms with E-state index in [1.807, 2.05) is 0 Å². The van der Waals surface area contributed by atoms with Crippen molar-refractivity contribution in [2.24, 2.45) is 0 Å². The minimum Gasteiger partial charge on any atom is -0.432 e. The molecule has 2 aliphatic rings.